The van der Waals surface area contributed by atoms with Crippen LogP contribution in [0.5, 0.6) is 0 Å². The maximum absolute atomic E-state index is 13.1. The average molecular weight is 312 g/mol. The Morgan fingerprint density at radius 3 is 2.67 bits per heavy atom. The Balaban J connectivity index is 2.15. The lowest BCUT2D eigenvalue weighted by Crippen LogP contribution is -2.12. The molecule has 21 heavy (non-hydrogen) atoms. The van der Waals surface area contributed by atoms with Gasteiger partial charge in [-0.3, -0.25) is 14.9 Å². The highest BCUT2D eigenvalue weighted by molar-refractivity contribution is 7.16. The molecule has 0 radical (unpaired) electrons. The molecule has 0 saturated heterocycles. The number of rotatable bonds is 4. The zero-order chi connectivity index (χ0) is 15.6. The molecule has 0 aliphatic carbocycles. The second kappa shape index (κ2) is 5.96. The summed E-state index contributed by atoms with van der Waals surface area (Å²) in [6.07, 6.45) is -0.190. The first-order valence-electron chi connectivity index (χ1n) is 5.81. The number of carboxylic acids is 1. The molecule has 1 amide bonds. The first kappa shape index (κ1) is 15.0. The maximum atomic E-state index is 13.1. The van der Waals surface area contributed by atoms with Crippen molar-refractivity contribution < 1.29 is 23.5 Å². The van der Waals surface area contributed by atoms with E-state index in [2.05, 4.69) is 10.3 Å². The van der Waals surface area contributed by atoms with Crippen LogP contribution in [0.2, 0.25) is 0 Å². The van der Waals surface area contributed by atoms with Crippen molar-refractivity contribution in [2.24, 2.45) is 0 Å². The summed E-state index contributed by atoms with van der Waals surface area (Å²) < 4.78 is 25.9. The maximum Gasteiger partial charge on any atom is 0.308 e. The Kier molecular flexibility index (Phi) is 4.27. The molecule has 2 rings (SSSR count). The van der Waals surface area contributed by atoms with E-state index >= 15 is 0 Å². The largest absolute Gasteiger partial charge is 0.481 e. The number of nitrogens with one attached hydrogen (secondary N) is 1. The lowest BCUT2D eigenvalue weighted by molar-refractivity contribution is -0.136. The first-order valence-corrected chi connectivity index (χ1v) is 6.63. The van der Waals surface area contributed by atoms with Gasteiger partial charge in [0.1, 0.15) is 0 Å². The highest BCUT2D eigenvalue weighted by Crippen LogP contribution is 2.23. The standard InChI is InChI=1S/C13H10F2N2O3S/c1-6-10(5-11(18)19)21-13(16-6)17-12(20)7-2-3-8(14)9(15)4-7/h2-4H,5H2,1H3,(H,18,19)(H,16,17,20). The smallest absolute Gasteiger partial charge is 0.308 e. The van der Waals surface area contributed by atoms with Crippen molar-refractivity contribution in [1.29, 1.82) is 0 Å². The quantitative estimate of drug-likeness (QED) is 0.909. The SMILES string of the molecule is Cc1nc(NC(=O)c2ccc(F)c(F)c2)sc1CC(=O)O. The van der Waals surface area contributed by atoms with Gasteiger partial charge in [0, 0.05) is 10.4 Å². The van der Waals surface area contributed by atoms with Crippen LogP contribution in [0, 0.1) is 18.6 Å². The Morgan fingerprint density at radius 1 is 1.33 bits per heavy atom. The number of benzene rings is 1. The third kappa shape index (κ3) is 3.60. The third-order valence-corrected chi connectivity index (χ3v) is 3.68. The molecule has 0 bridgehead atoms. The Labute approximate surface area is 122 Å². The van der Waals surface area contributed by atoms with Crippen molar-refractivity contribution in [2.75, 3.05) is 5.32 Å². The van der Waals surface area contributed by atoms with Crippen LogP contribution in [0.25, 0.3) is 0 Å². The molecular formula is C13H10F2N2O3S. The molecule has 1 heterocycles. The molecule has 110 valence electrons. The van der Waals surface area contributed by atoms with Crippen molar-refractivity contribution in [3.63, 3.8) is 0 Å². The fourth-order valence-electron chi connectivity index (χ4n) is 1.59. The predicted octanol–water partition coefficient (Wildman–Crippen LogP) is 2.61. The van der Waals surface area contributed by atoms with Crippen LogP contribution >= 0.6 is 11.3 Å². The third-order valence-electron chi connectivity index (χ3n) is 2.61. The summed E-state index contributed by atoms with van der Waals surface area (Å²) in [6, 6.07) is 2.78. The Hall–Kier alpha value is -2.35. The summed E-state index contributed by atoms with van der Waals surface area (Å²) in [5.41, 5.74) is 0.449. The molecule has 1 aromatic heterocycles. The average Bonchev–Trinajstić information content (AvgIpc) is 2.72. The predicted molar refractivity (Wildman–Crippen MR) is 72.5 cm³/mol. The van der Waals surface area contributed by atoms with Crippen LogP contribution in [0.3, 0.4) is 0 Å². The topological polar surface area (TPSA) is 79.3 Å². The van der Waals surface area contributed by atoms with Gasteiger partial charge in [0.15, 0.2) is 16.8 Å². The molecule has 0 atom stereocenters. The number of nitrogens with zero attached hydrogens (tertiary/aromatic N) is 1. The molecular weight excluding hydrogens is 302 g/mol. The van der Waals surface area contributed by atoms with Crippen LogP contribution in [0.1, 0.15) is 20.9 Å². The summed E-state index contributed by atoms with van der Waals surface area (Å²) in [7, 11) is 0. The van der Waals surface area contributed by atoms with Gasteiger partial charge in [-0.05, 0) is 25.1 Å². The molecule has 1 aromatic carbocycles. The number of hydrogen-bond acceptors (Lipinski definition) is 4. The van der Waals surface area contributed by atoms with E-state index in [1.807, 2.05) is 0 Å². The second-order valence-corrected chi connectivity index (χ2v) is 5.26. The number of aromatic nitrogens is 1. The Morgan fingerprint density at radius 2 is 2.05 bits per heavy atom. The minimum atomic E-state index is -1.12. The van der Waals surface area contributed by atoms with E-state index in [4.69, 9.17) is 5.11 Å². The summed E-state index contributed by atoms with van der Waals surface area (Å²) in [5, 5.41) is 11.4. The number of carbonyl (C=O) groups is 2. The van der Waals surface area contributed by atoms with E-state index in [-0.39, 0.29) is 17.1 Å². The zero-order valence-electron chi connectivity index (χ0n) is 10.8. The summed E-state index contributed by atoms with van der Waals surface area (Å²) in [5.74, 6) is -3.81. The molecule has 0 saturated carbocycles. The van der Waals surface area contributed by atoms with E-state index in [1.54, 1.807) is 6.92 Å². The molecule has 2 aromatic rings. The molecule has 5 nitrogen and oxygen atoms in total. The number of hydrogen-bond donors (Lipinski definition) is 2. The number of amides is 1. The van der Waals surface area contributed by atoms with E-state index in [9.17, 15) is 18.4 Å². The fraction of sp³-hybridized carbons (Fsp3) is 0.154. The van der Waals surface area contributed by atoms with Crippen molar-refractivity contribution >= 4 is 28.3 Å². The van der Waals surface area contributed by atoms with Gasteiger partial charge in [-0.25, -0.2) is 13.8 Å². The number of anilines is 1. The van der Waals surface area contributed by atoms with E-state index in [1.165, 1.54) is 0 Å². The molecule has 2 N–H and O–H groups in total. The Bertz CT molecular complexity index is 715. The van der Waals surface area contributed by atoms with Gasteiger partial charge in [-0.15, -0.1) is 11.3 Å². The lowest BCUT2D eigenvalue weighted by Gasteiger charge is -2.02. The summed E-state index contributed by atoms with van der Waals surface area (Å²) >= 11 is 1.03. The summed E-state index contributed by atoms with van der Waals surface area (Å²) in [4.78, 5) is 27.1. The van der Waals surface area contributed by atoms with E-state index in [0.29, 0.717) is 10.6 Å². The van der Waals surface area contributed by atoms with Crippen molar-refractivity contribution in [3.05, 3.63) is 46.0 Å². The highest BCUT2D eigenvalue weighted by atomic mass is 32.1. The monoisotopic (exact) mass is 312 g/mol. The van der Waals surface area contributed by atoms with E-state index in [0.717, 1.165) is 29.5 Å². The number of aryl methyl sites for hydroxylation is 1. The zero-order valence-corrected chi connectivity index (χ0v) is 11.6. The van der Waals surface area contributed by atoms with Crippen LogP contribution in [-0.4, -0.2) is 22.0 Å². The molecule has 0 fully saturated rings. The van der Waals surface area contributed by atoms with Gasteiger partial charge in [0.2, 0.25) is 0 Å². The van der Waals surface area contributed by atoms with Gasteiger partial charge in [-0.1, -0.05) is 0 Å². The van der Waals surface area contributed by atoms with Crippen LogP contribution in [0.15, 0.2) is 18.2 Å². The van der Waals surface area contributed by atoms with E-state index < -0.39 is 23.5 Å². The molecule has 0 aliphatic rings. The van der Waals surface area contributed by atoms with Crippen LogP contribution < -0.4 is 5.32 Å². The number of carboxylic acid groups (broad SMARTS) is 1. The summed E-state index contributed by atoms with van der Waals surface area (Å²) in [6.45, 7) is 1.63. The van der Waals surface area contributed by atoms with Gasteiger partial charge in [-0.2, -0.15) is 0 Å². The van der Waals surface area contributed by atoms with Crippen LogP contribution in [0.4, 0.5) is 13.9 Å². The first-order chi connectivity index (χ1) is 9.86. The van der Waals surface area contributed by atoms with Gasteiger partial charge < -0.3 is 5.11 Å². The minimum Gasteiger partial charge on any atom is -0.481 e. The second-order valence-electron chi connectivity index (χ2n) is 4.18. The van der Waals surface area contributed by atoms with Crippen LogP contribution in [-0.2, 0) is 11.2 Å². The number of aliphatic carboxylic acids is 1. The number of carbonyl (C=O) groups excluding carboxylic acids is 1. The van der Waals surface area contributed by atoms with Gasteiger partial charge in [0.25, 0.3) is 5.91 Å². The van der Waals surface area contributed by atoms with Crippen molar-refractivity contribution in [2.45, 2.75) is 13.3 Å². The molecule has 0 aliphatic heterocycles. The van der Waals surface area contributed by atoms with Crippen molar-refractivity contribution in [1.82, 2.24) is 4.98 Å². The van der Waals surface area contributed by atoms with Gasteiger partial charge >= 0.3 is 5.97 Å². The highest BCUT2D eigenvalue weighted by Gasteiger charge is 2.15. The number of thiazole rings is 1. The fourth-order valence-corrected chi connectivity index (χ4v) is 2.54. The normalized spacial score (nSPS) is 10.4. The number of halogens is 2. The van der Waals surface area contributed by atoms with Crippen molar-refractivity contribution in [3.8, 4) is 0 Å². The molecule has 8 heteroatoms. The molecule has 0 spiro atoms. The molecule has 0 unspecified atom stereocenters. The van der Waals surface area contributed by atoms with Gasteiger partial charge in [0.05, 0.1) is 12.1 Å². The lowest BCUT2D eigenvalue weighted by atomic mass is 10.2. The minimum absolute atomic E-state index is 0.0541.